The number of carbonyl (C=O) groups is 2. The van der Waals surface area contributed by atoms with Crippen LogP contribution >= 0.6 is 0 Å². The molecule has 1 unspecified atom stereocenters. The quantitative estimate of drug-likeness (QED) is 0.759. The lowest BCUT2D eigenvalue weighted by molar-refractivity contribution is -0.196. The van der Waals surface area contributed by atoms with Gasteiger partial charge in [-0.2, -0.15) is 13.2 Å². The van der Waals surface area contributed by atoms with Crippen LogP contribution in [0, 0.1) is 0 Å². The Morgan fingerprint density at radius 1 is 1.09 bits per heavy atom. The molecular weight excluding hydrogens is 423 g/mol. The molecule has 0 spiro atoms. The summed E-state index contributed by atoms with van der Waals surface area (Å²) in [5, 5.41) is 1.91. The summed E-state index contributed by atoms with van der Waals surface area (Å²) in [7, 11) is 1.43. The average molecular weight is 445 g/mol. The lowest BCUT2D eigenvalue weighted by Crippen LogP contribution is -2.64. The fourth-order valence-electron chi connectivity index (χ4n) is 4.14. The molecule has 2 amide bonds. The molecule has 2 aromatic carbocycles. The molecule has 0 radical (unpaired) electrons. The highest BCUT2D eigenvalue weighted by atomic mass is 19.4. The second-order valence-electron chi connectivity index (χ2n) is 7.81. The van der Waals surface area contributed by atoms with Crippen molar-refractivity contribution in [1.29, 1.82) is 0 Å². The van der Waals surface area contributed by atoms with Crippen molar-refractivity contribution >= 4 is 17.6 Å². The zero-order valence-electron chi connectivity index (χ0n) is 17.4. The summed E-state index contributed by atoms with van der Waals surface area (Å²) in [5.74, 6) is -1.96. The second-order valence-corrected chi connectivity index (χ2v) is 7.81. The van der Waals surface area contributed by atoms with Gasteiger partial charge in [-0.05, 0) is 37.1 Å². The maximum Gasteiger partial charge on any atom is 0.442 e. The molecule has 0 aromatic heterocycles. The summed E-state index contributed by atoms with van der Waals surface area (Å²) < 4.78 is 48.3. The largest absolute Gasteiger partial charge is 0.497 e. The van der Waals surface area contributed by atoms with Crippen molar-refractivity contribution in [1.82, 2.24) is 10.2 Å². The van der Waals surface area contributed by atoms with Gasteiger partial charge in [-0.15, -0.1) is 0 Å². The number of rotatable bonds is 5. The van der Waals surface area contributed by atoms with Crippen LogP contribution in [0.15, 0.2) is 59.6 Å². The maximum atomic E-state index is 14.4. The molecule has 0 saturated heterocycles. The number of methoxy groups -OCH3 is 1. The smallest absolute Gasteiger partial charge is 0.442 e. The van der Waals surface area contributed by atoms with Gasteiger partial charge in [-0.1, -0.05) is 43.2 Å². The van der Waals surface area contributed by atoms with Crippen molar-refractivity contribution in [3.63, 3.8) is 0 Å². The van der Waals surface area contributed by atoms with Gasteiger partial charge in [0.2, 0.25) is 0 Å². The van der Waals surface area contributed by atoms with Gasteiger partial charge >= 0.3 is 11.8 Å². The highest BCUT2D eigenvalue weighted by Crippen LogP contribution is 2.41. The number of carbonyl (C=O) groups excluding carboxylic acids is 2. The van der Waals surface area contributed by atoms with Gasteiger partial charge in [0.05, 0.1) is 7.11 Å². The second kappa shape index (κ2) is 8.29. The molecule has 2 aromatic rings. The highest BCUT2D eigenvalue weighted by Gasteiger charge is 2.68. The molecule has 4 rings (SSSR count). The third-order valence-corrected chi connectivity index (χ3v) is 5.81. The number of ether oxygens (including phenoxy) is 1. The zero-order chi connectivity index (χ0) is 22.9. The Kier molecular flexibility index (Phi) is 5.66. The SMILES string of the molecule is COc1ccc(C(=O)NC2(C(F)(F)F)N=C(c3ccccc3)N(C3CCCC3)C2=O)cc1. The van der Waals surface area contributed by atoms with Crippen LogP contribution in [0.1, 0.15) is 41.6 Å². The van der Waals surface area contributed by atoms with E-state index >= 15 is 0 Å². The normalized spacial score (nSPS) is 21.6. The molecule has 32 heavy (non-hydrogen) atoms. The molecule has 168 valence electrons. The minimum atomic E-state index is -5.14. The van der Waals surface area contributed by atoms with Crippen LogP contribution in [0.5, 0.6) is 5.75 Å². The molecule has 6 nitrogen and oxygen atoms in total. The Morgan fingerprint density at radius 3 is 2.28 bits per heavy atom. The molecule has 9 heteroatoms. The number of hydrogen-bond acceptors (Lipinski definition) is 4. The Labute approximate surface area is 183 Å². The zero-order valence-corrected chi connectivity index (χ0v) is 17.4. The topological polar surface area (TPSA) is 71.0 Å². The fourth-order valence-corrected chi connectivity index (χ4v) is 4.14. The molecule has 0 bridgehead atoms. The van der Waals surface area contributed by atoms with Gasteiger partial charge in [0.1, 0.15) is 11.6 Å². The maximum absolute atomic E-state index is 14.4. The summed E-state index contributed by atoms with van der Waals surface area (Å²) in [6.07, 6.45) is -2.35. The summed E-state index contributed by atoms with van der Waals surface area (Å²) in [6, 6.07) is 13.4. The summed E-state index contributed by atoms with van der Waals surface area (Å²) >= 11 is 0. The van der Waals surface area contributed by atoms with Crippen molar-refractivity contribution in [2.24, 2.45) is 4.99 Å². The van der Waals surface area contributed by atoms with E-state index in [0.29, 0.717) is 24.2 Å². The molecule has 1 atom stereocenters. The Morgan fingerprint density at radius 2 is 1.72 bits per heavy atom. The Hall–Kier alpha value is -3.36. The number of amides is 2. The van der Waals surface area contributed by atoms with Gasteiger partial charge in [-0.3, -0.25) is 14.5 Å². The summed E-state index contributed by atoms with van der Waals surface area (Å²) in [5.41, 5.74) is -3.05. The average Bonchev–Trinajstić information content (AvgIpc) is 3.41. The van der Waals surface area contributed by atoms with E-state index in [9.17, 15) is 22.8 Å². The van der Waals surface area contributed by atoms with Gasteiger partial charge < -0.3 is 10.1 Å². The van der Waals surface area contributed by atoms with Crippen LogP contribution in [0.2, 0.25) is 0 Å². The summed E-state index contributed by atoms with van der Waals surface area (Å²) in [6.45, 7) is 0. The van der Waals surface area contributed by atoms with Crippen LogP contribution in [0.3, 0.4) is 0 Å². The molecule has 1 fully saturated rings. The monoisotopic (exact) mass is 445 g/mol. The molecule has 1 aliphatic heterocycles. The number of hydrogen-bond donors (Lipinski definition) is 1. The first-order valence-electron chi connectivity index (χ1n) is 10.3. The van der Waals surface area contributed by atoms with Crippen molar-refractivity contribution in [3.05, 3.63) is 65.7 Å². The van der Waals surface area contributed by atoms with E-state index in [4.69, 9.17) is 4.74 Å². The number of nitrogens with zero attached hydrogens (tertiary/aromatic N) is 2. The predicted molar refractivity (Wildman–Crippen MR) is 111 cm³/mol. The van der Waals surface area contributed by atoms with E-state index in [-0.39, 0.29) is 11.4 Å². The van der Waals surface area contributed by atoms with Crippen molar-refractivity contribution in [3.8, 4) is 5.75 Å². The number of alkyl halides is 3. The Balaban J connectivity index is 1.78. The number of aliphatic imine (C=N–C) groups is 1. The van der Waals surface area contributed by atoms with Crippen LogP contribution in [-0.4, -0.2) is 47.5 Å². The van der Waals surface area contributed by atoms with Crippen LogP contribution in [0.25, 0.3) is 0 Å². The van der Waals surface area contributed by atoms with E-state index < -0.39 is 29.7 Å². The van der Waals surface area contributed by atoms with E-state index in [2.05, 4.69) is 4.99 Å². The minimum Gasteiger partial charge on any atom is -0.497 e. The molecule has 1 aliphatic carbocycles. The minimum absolute atomic E-state index is 0.0435. The van der Waals surface area contributed by atoms with E-state index in [1.54, 1.807) is 30.3 Å². The number of halogens is 3. The lowest BCUT2D eigenvalue weighted by atomic mass is 10.1. The fraction of sp³-hybridized carbons (Fsp3) is 0.348. The van der Waals surface area contributed by atoms with Crippen LogP contribution < -0.4 is 10.1 Å². The predicted octanol–water partition coefficient (Wildman–Crippen LogP) is 3.92. The van der Waals surface area contributed by atoms with Gasteiger partial charge in [0, 0.05) is 17.2 Å². The number of benzene rings is 2. The molecule has 1 N–H and O–H groups in total. The van der Waals surface area contributed by atoms with Crippen molar-refractivity contribution in [2.75, 3.05) is 7.11 Å². The third kappa shape index (κ3) is 3.72. The molecular formula is C23H22F3N3O3. The van der Waals surface area contributed by atoms with Gasteiger partial charge in [0.15, 0.2) is 0 Å². The number of nitrogens with one attached hydrogen (secondary N) is 1. The Bertz CT molecular complexity index is 1030. The first-order chi connectivity index (χ1) is 15.3. The van der Waals surface area contributed by atoms with Gasteiger partial charge in [0.25, 0.3) is 11.8 Å². The van der Waals surface area contributed by atoms with Crippen molar-refractivity contribution < 1.29 is 27.5 Å². The van der Waals surface area contributed by atoms with Crippen LogP contribution in [0.4, 0.5) is 13.2 Å². The lowest BCUT2D eigenvalue weighted by Gasteiger charge is -2.31. The van der Waals surface area contributed by atoms with Gasteiger partial charge in [-0.25, -0.2) is 4.99 Å². The van der Waals surface area contributed by atoms with E-state index in [1.807, 2.05) is 5.32 Å². The highest BCUT2D eigenvalue weighted by molar-refractivity contribution is 6.17. The van der Waals surface area contributed by atoms with Crippen molar-refractivity contribution in [2.45, 2.75) is 43.6 Å². The summed E-state index contributed by atoms with van der Waals surface area (Å²) in [4.78, 5) is 31.2. The molecule has 1 saturated carbocycles. The molecule has 2 aliphatic rings. The first-order valence-corrected chi connectivity index (χ1v) is 10.3. The number of amidine groups is 1. The standard InChI is InChI=1S/C23H22F3N3O3/c1-32-18-13-11-16(12-14-18)20(30)28-22(23(24,25)26)21(31)29(17-9-5-6-10-17)19(27-22)15-7-3-2-4-8-15/h2-4,7-8,11-14,17H,5-6,9-10H2,1H3,(H,28,30). The third-order valence-electron chi connectivity index (χ3n) is 5.81. The van der Waals surface area contributed by atoms with E-state index in [1.165, 1.54) is 31.4 Å². The molecule has 1 heterocycles. The van der Waals surface area contributed by atoms with E-state index in [0.717, 1.165) is 17.7 Å². The first kappa shape index (κ1) is 21.9. The van der Waals surface area contributed by atoms with Crippen LogP contribution in [-0.2, 0) is 4.79 Å².